The van der Waals surface area contributed by atoms with Crippen molar-refractivity contribution >= 4 is 5.78 Å². The average molecular weight is 140 g/mol. The van der Waals surface area contributed by atoms with Gasteiger partial charge < -0.3 is 4.74 Å². The number of carbonyl (C=O) groups excluding carboxylic acids is 1. The summed E-state index contributed by atoms with van der Waals surface area (Å²) in [6.07, 6.45) is 5.05. The van der Waals surface area contributed by atoms with E-state index in [0.717, 1.165) is 6.42 Å². The molecule has 1 aliphatic rings. The van der Waals surface area contributed by atoms with Gasteiger partial charge in [-0.15, -0.1) is 0 Å². The standard InChI is InChI=1S/C8H12O2/c1-2-3-8(9)7-4-5-10-6-7/h4-5,7H,2-3,6H2,1H3. The maximum absolute atomic E-state index is 11.1. The molecule has 0 aromatic heterocycles. The fourth-order valence-electron chi connectivity index (χ4n) is 0.997. The van der Waals surface area contributed by atoms with Crippen LogP contribution in [-0.4, -0.2) is 12.4 Å². The Balaban J connectivity index is 2.33. The number of carbonyl (C=O) groups is 1. The summed E-state index contributed by atoms with van der Waals surface area (Å²) < 4.78 is 4.92. The van der Waals surface area contributed by atoms with Crippen molar-refractivity contribution in [2.75, 3.05) is 6.61 Å². The van der Waals surface area contributed by atoms with E-state index in [1.807, 2.05) is 13.0 Å². The molecule has 0 saturated carbocycles. The Morgan fingerprint density at radius 1 is 1.80 bits per heavy atom. The molecule has 0 fully saturated rings. The van der Waals surface area contributed by atoms with Crippen LogP contribution in [0.4, 0.5) is 0 Å². The molecule has 1 rings (SSSR count). The van der Waals surface area contributed by atoms with Crippen molar-refractivity contribution in [3.8, 4) is 0 Å². The lowest BCUT2D eigenvalue weighted by Crippen LogP contribution is -2.12. The highest BCUT2D eigenvalue weighted by atomic mass is 16.5. The smallest absolute Gasteiger partial charge is 0.143 e. The third kappa shape index (κ3) is 1.59. The first-order valence-corrected chi connectivity index (χ1v) is 3.65. The summed E-state index contributed by atoms with van der Waals surface area (Å²) in [5.41, 5.74) is 0. The van der Waals surface area contributed by atoms with Gasteiger partial charge in [0.2, 0.25) is 0 Å². The summed E-state index contributed by atoms with van der Waals surface area (Å²) in [4.78, 5) is 11.1. The molecule has 0 amide bonds. The van der Waals surface area contributed by atoms with Crippen LogP contribution >= 0.6 is 0 Å². The van der Waals surface area contributed by atoms with Crippen molar-refractivity contribution in [2.24, 2.45) is 5.92 Å². The van der Waals surface area contributed by atoms with E-state index in [9.17, 15) is 4.79 Å². The molecule has 56 valence electrons. The Morgan fingerprint density at radius 3 is 3.10 bits per heavy atom. The summed E-state index contributed by atoms with van der Waals surface area (Å²) in [6.45, 7) is 2.57. The van der Waals surface area contributed by atoms with Crippen LogP contribution in [0.1, 0.15) is 19.8 Å². The van der Waals surface area contributed by atoms with Crippen LogP contribution in [0, 0.1) is 5.92 Å². The Kier molecular flexibility index (Phi) is 2.49. The van der Waals surface area contributed by atoms with E-state index in [0.29, 0.717) is 18.8 Å². The lowest BCUT2D eigenvalue weighted by Gasteiger charge is -2.02. The van der Waals surface area contributed by atoms with Crippen LogP contribution in [0.2, 0.25) is 0 Å². The molecule has 0 saturated heterocycles. The van der Waals surface area contributed by atoms with Gasteiger partial charge in [0.1, 0.15) is 12.4 Å². The molecule has 0 aromatic carbocycles. The topological polar surface area (TPSA) is 26.3 Å². The Labute approximate surface area is 60.9 Å². The predicted molar refractivity (Wildman–Crippen MR) is 38.5 cm³/mol. The molecule has 0 radical (unpaired) electrons. The van der Waals surface area contributed by atoms with Crippen LogP contribution in [-0.2, 0) is 9.53 Å². The quantitative estimate of drug-likeness (QED) is 0.594. The Hall–Kier alpha value is -0.790. The summed E-state index contributed by atoms with van der Waals surface area (Å²) in [6, 6.07) is 0. The van der Waals surface area contributed by atoms with Crippen molar-refractivity contribution in [2.45, 2.75) is 19.8 Å². The molecule has 1 heterocycles. The number of ketones is 1. The first-order valence-electron chi connectivity index (χ1n) is 3.65. The first kappa shape index (κ1) is 7.32. The number of hydrogen-bond donors (Lipinski definition) is 0. The molecule has 0 aromatic rings. The molecule has 2 nitrogen and oxygen atoms in total. The molecule has 1 unspecified atom stereocenters. The van der Waals surface area contributed by atoms with E-state index in [1.54, 1.807) is 6.26 Å². The van der Waals surface area contributed by atoms with Crippen LogP contribution in [0.25, 0.3) is 0 Å². The van der Waals surface area contributed by atoms with E-state index in [-0.39, 0.29) is 5.92 Å². The van der Waals surface area contributed by atoms with Gasteiger partial charge in [-0.05, 0) is 12.5 Å². The fraction of sp³-hybridized carbons (Fsp3) is 0.625. The second-order valence-corrected chi connectivity index (χ2v) is 2.48. The third-order valence-corrected chi connectivity index (χ3v) is 1.59. The van der Waals surface area contributed by atoms with Crippen LogP contribution in [0.3, 0.4) is 0 Å². The SMILES string of the molecule is CCCC(=O)C1C=COC1. The molecule has 1 aliphatic heterocycles. The zero-order chi connectivity index (χ0) is 7.40. The van der Waals surface area contributed by atoms with E-state index < -0.39 is 0 Å². The van der Waals surface area contributed by atoms with Crippen LogP contribution < -0.4 is 0 Å². The summed E-state index contributed by atoms with van der Waals surface area (Å²) >= 11 is 0. The minimum atomic E-state index is 0.0416. The van der Waals surface area contributed by atoms with Crippen molar-refractivity contribution < 1.29 is 9.53 Å². The predicted octanol–water partition coefficient (Wildman–Crippen LogP) is 1.52. The lowest BCUT2D eigenvalue weighted by molar-refractivity contribution is -0.122. The van der Waals surface area contributed by atoms with Gasteiger partial charge in [-0.3, -0.25) is 4.79 Å². The minimum Gasteiger partial charge on any atom is -0.500 e. The van der Waals surface area contributed by atoms with Crippen molar-refractivity contribution in [3.05, 3.63) is 12.3 Å². The van der Waals surface area contributed by atoms with E-state index in [1.165, 1.54) is 0 Å². The summed E-state index contributed by atoms with van der Waals surface area (Å²) in [5, 5.41) is 0. The fourth-order valence-corrected chi connectivity index (χ4v) is 0.997. The highest BCUT2D eigenvalue weighted by Gasteiger charge is 2.17. The molecule has 2 heteroatoms. The first-order chi connectivity index (χ1) is 4.84. The largest absolute Gasteiger partial charge is 0.500 e. The van der Waals surface area contributed by atoms with Gasteiger partial charge in [0.25, 0.3) is 0 Å². The van der Waals surface area contributed by atoms with Gasteiger partial charge in [-0.1, -0.05) is 6.92 Å². The molecule has 1 atom stereocenters. The van der Waals surface area contributed by atoms with Crippen LogP contribution in [0.15, 0.2) is 12.3 Å². The molecule has 0 spiro atoms. The number of Topliss-reactive ketones (excluding diaryl/α,β-unsaturated/α-hetero) is 1. The van der Waals surface area contributed by atoms with Gasteiger partial charge in [-0.2, -0.15) is 0 Å². The van der Waals surface area contributed by atoms with Gasteiger partial charge >= 0.3 is 0 Å². The van der Waals surface area contributed by atoms with Crippen molar-refractivity contribution in [3.63, 3.8) is 0 Å². The molecule has 0 bridgehead atoms. The van der Waals surface area contributed by atoms with E-state index in [4.69, 9.17) is 4.74 Å². The second-order valence-electron chi connectivity index (χ2n) is 2.48. The Bertz CT molecular complexity index is 149. The van der Waals surface area contributed by atoms with Crippen molar-refractivity contribution in [1.29, 1.82) is 0 Å². The number of rotatable bonds is 3. The van der Waals surface area contributed by atoms with E-state index in [2.05, 4.69) is 0 Å². The van der Waals surface area contributed by atoms with Crippen molar-refractivity contribution in [1.82, 2.24) is 0 Å². The van der Waals surface area contributed by atoms with Gasteiger partial charge in [0, 0.05) is 6.42 Å². The van der Waals surface area contributed by atoms with Gasteiger partial charge in [0.15, 0.2) is 0 Å². The molecule has 0 aliphatic carbocycles. The van der Waals surface area contributed by atoms with Gasteiger partial charge in [0.05, 0.1) is 12.2 Å². The summed E-state index contributed by atoms with van der Waals surface area (Å²) in [5.74, 6) is 0.344. The minimum absolute atomic E-state index is 0.0416. The zero-order valence-electron chi connectivity index (χ0n) is 6.17. The number of hydrogen-bond acceptors (Lipinski definition) is 2. The molecule has 0 N–H and O–H groups in total. The van der Waals surface area contributed by atoms with Gasteiger partial charge in [-0.25, -0.2) is 0 Å². The zero-order valence-corrected chi connectivity index (χ0v) is 6.17. The summed E-state index contributed by atoms with van der Waals surface area (Å²) in [7, 11) is 0. The third-order valence-electron chi connectivity index (χ3n) is 1.59. The maximum Gasteiger partial charge on any atom is 0.143 e. The maximum atomic E-state index is 11.1. The molecule has 10 heavy (non-hydrogen) atoms. The second kappa shape index (κ2) is 3.40. The lowest BCUT2D eigenvalue weighted by atomic mass is 10.0. The monoisotopic (exact) mass is 140 g/mol. The number of ether oxygens (including phenoxy) is 1. The molecular formula is C8H12O2. The average Bonchev–Trinajstić information content (AvgIpc) is 2.38. The Morgan fingerprint density at radius 2 is 2.60 bits per heavy atom. The van der Waals surface area contributed by atoms with E-state index >= 15 is 0 Å². The van der Waals surface area contributed by atoms with Crippen LogP contribution in [0.5, 0.6) is 0 Å². The molecular weight excluding hydrogens is 128 g/mol. The highest BCUT2D eigenvalue weighted by Crippen LogP contribution is 2.11. The highest BCUT2D eigenvalue weighted by molar-refractivity contribution is 5.82. The normalized spacial score (nSPS) is 22.7.